The van der Waals surface area contributed by atoms with Crippen LogP contribution in [0, 0.1) is 11.8 Å². The third-order valence-corrected chi connectivity index (χ3v) is 4.54. The Balaban J connectivity index is 1.56. The number of carbonyl (C=O) groups is 2. The lowest BCUT2D eigenvalue weighted by Crippen LogP contribution is -2.60. The van der Waals surface area contributed by atoms with Gasteiger partial charge < -0.3 is 10.6 Å². The molecular weight excluding hydrogens is 256 g/mol. The molecule has 4 aliphatic rings. The molecule has 4 amide bonds. The minimum Gasteiger partial charge on any atom is -0.337 e. The Kier molecular flexibility index (Phi) is 3.31. The van der Waals surface area contributed by atoms with Crippen LogP contribution in [-0.4, -0.2) is 24.1 Å². The van der Waals surface area contributed by atoms with Crippen molar-refractivity contribution < 1.29 is 9.59 Å². The molecule has 6 nitrogen and oxygen atoms in total. The van der Waals surface area contributed by atoms with E-state index in [4.69, 9.17) is 0 Å². The lowest BCUT2D eigenvalue weighted by molar-refractivity contribution is 0.120. The summed E-state index contributed by atoms with van der Waals surface area (Å²) < 4.78 is 0. The predicted molar refractivity (Wildman–Crippen MR) is 74.8 cm³/mol. The fraction of sp³-hybridized carbons (Fsp3) is 0.714. The molecule has 6 heteroatoms. The van der Waals surface area contributed by atoms with Gasteiger partial charge >= 0.3 is 12.1 Å². The molecule has 0 aromatic carbocycles. The van der Waals surface area contributed by atoms with E-state index >= 15 is 0 Å². The van der Waals surface area contributed by atoms with Gasteiger partial charge in [-0.15, -0.1) is 0 Å². The summed E-state index contributed by atoms with van der Waals surface area (Å²) in [6.45, 7) is 2.34. The molecule has 3 atom stereocenters. The highest BCUT2D eigenvalue weighted by molar-refractivity contribution is 5.80. The van der Waals surface area contributed by atoms with Crippen LogP contribution in [0.25, 0.3) is 0 Å². The van der Waals surface area contributed by atoms with E-state index in [1.54, 1.807) is 0 Å². The van der Waals surface area contributed by atoms with Crippen LogP contribution in [0.1, 0.15) is 39.0 Å². The van der Waals surface area contributed by atoms with Crippen molar-refractivity contribution in [1.82, 2.24) is 21.5 Å². The second-order valence-electron chi connectivity index (χ2n) is 6.31. The molecule has 0 aromatic rings. The molecule has 0 aromatic heterocycles. The third-order valence-electron chi connectivity index (χ3n) is 4.54. The van der Waals surface area contributed by atoms with Gasteiger partial charge in [-0.1, -0.05) is 11.6 Å². The first kappa shape index (κ1) is 13.3. The molecule has 110 valence electrons. The molecular formula is C14H22N4O2. The monoisotopic (exact) mass is 278 g/mol. The summed E-state index contributed by atoms with van der Waals surface area (Å²) in [6, 6.07) is -0.735. The predicted octanol–water partition coefficient (Wildman–Crippen LogP) is 1.41. The van der Waals surface area contributed by atoms with Crippen LogP contribution in [-0.2, 0) is 0 Å². The number of amides is 4. The Hall–Kier alpha value is -1.72. The number of allylic oxidation sites excluding steroid dienone is 1. The van der Waals surface area contributed by atoms with E-state index in [1.165, 1.54) is 24.8 Å². The third kappa shape index (κ3) is 2.59. The summed E-state index contributed by atoms with van der Waals surface area (Å²) in [5.74, 6) is 1.44. The minimum absolute atomic E-state index is 0.188. The molecule has 2 saturated carbocycles. The highest BCUT2D eigenvalue weighted by atomic mass is 16.2. The van der Waals surface area contributed by atoms with E-state index in [-0.39, 0.29) is 11.6 Å². The Morgan fingerprint density at radius 1 is 1.20 bits per heavy atom. The summed E-state index contributed by atoms with van der Waals surface area (Å²) in [7, 11) is 0. The molecule has 4 bridgehead atoms. The molecule has 0 spiro atoms. The number of carbonyl (C=O) groups excluding carboxylic acids is 2. The van der Waals surface area contributed by atoms with Gasteiger partial charge in [0.2, 0.25) is 0 Å². The second kappa shape index (κ2) is 5.00. The van der Waals surface area contributed by atoms with Crippen LogP contribution in [0.3, 0.4) is 0 Å². The van der Waals surface area contributed by atoms with E-state index in [1.807, 2.05) is 6.92 Å². The number of urea groups is 2. The normalized spacial score (nSPS) is 33.4. The molecule has 1 unspecified atom stereocenters. The van der Waals surface area contributed by atoms with Gasteiger partial charge in [0, 0.05) is 6.54 Å². The standard InChI is InChI=1S/C14H22N4O2/c1-2-15-12(19)17-18-13(20)16-14-6-9-3-10(7-14)5-11(4-9)8-14/h6,10-11H,2-5,7-8H2,1H3,(H2,15,17,19)(H2,16,18,20)/t10-,11+,14?. The van der Waals surface area contributed by atoms with E-state index in [9.17, 15) is 9.59 Å². The quantitative estimate of drug-likeness (QED) is 0.455. The van der Waals surface area contributed by atoms with Crippen molar-refractivity contribution in [2.45, 2.75) is 44.6 Å². The zero-order valence-corrected chi connectivity index (χ0v) is 11.8. The lowest BCUT2D eigenvalue weighted by Gasteiger charge is -2.51. The molecule has 4 aliphatic carbocycles. The largest absolute Gasteiger partial charge is 0.337 e. The zero-order chi connectivity index (χ0) is 14.2. The first-order chi connectivity index (χ1) is 9.58. The Bertz CT molecular complexity index is 444. The van der Waals surface area contributed by atoms with Gasteiger partial charge in [-0.05, 0) is 50.9 Å². The molecule has 20 heavy (non-hydrogen) atoms. The molecule has 2 fully saturated rings. The lowest BCUT2D eigenvalue weighted by atomic mass is 9.58. The van der Waals surface area contributed by atoms with E-state index in [2.05, 4.69) is 27.6 Å². The summed E-state index contributed by atoms with van der Waals surface area (Å²) >= 11 is 0. The minimum atomic E-state index is -0.397. The fourth-order valence-electron chi connectivity index (χ4n) is 4.23. The Morgan fingerprint density at radius 3 is 2.45 bits per heavy atom. The number of rotatable bonds is 2. The van der Waals surface area contributed by atoms with Gasteiger partial charge in [0.1, 0.15) is 0 Å². The van der Waals surface area contributed by atoms with Crippen LogP contribution in [0.15, 0.2) is 11.6 Å². The maximum absolute atomic E-state index is 11.9. The van der Waals surface area contributed by atoms with Gasteiger partial charge in [0.15, 0.2) is 0 Å². The summed E-state index contributed by atoms with van der Waals surface area (Å²) in [4.78, 5) is 23.2. The van der Waals surface area contributed by atoms with E-state index in [0.717, 1.165) is 24.7 Å². The number of nitrogens with one attached hydrogen (secondary N) is 4. The van der Waals surface area contributed by atoms with E-state index < -0.39 is 6.03 Å². The Labute approximate surface area is 118 Å². The maximum Gasteiger partial charge on any atom is 0.334 e. The number of hydrogen-bond donors (Lipinski definition) is 4. The van der Waals surface area contributed by atoms with Gasteiger partial charge in [-0.2, -0.15) is 0 Å². The van der Waals surface area contributed by atoms with Crippen molar-refractivity contribution in [2.24, 2.45) is 11.8 Å². The molecule has 4 rings (SSSR count). The van der Waals surface area contributed by atoms with Crippen LogP contribution < -0.4 is 21.5 Å². The topological polar surface area (TPSA) is 82.3 Å². The van der Waals surface area contributed by atoms with Gasteiger partial charge in [0.05, 0.1) is 5.54 Å². The molecule has 0 saturated heterocycles. The van der Waals surface area contributed by atoms with Crippen LogP contribution in [0.5, 0.6) is 0 Å². The second-order valence-corrected chi connectivity index (χ2v) is 6.31. The first-order valence-corrected chi connectivity index (χ1v) is 7.41. The number of hydrazine groups is 1. The van der Waals surface area contributed by atoms with Crippen LogP contribution in [0.2, 0.25) is 0 Å². The average molecular weight is 278 g/mol. The molecule has 4 N–H and O–H groups in total. The van der Waals surface area contributed by atoms with Crippen molar-refractivity contribution in [3.05, 3.63) is 11.6 Å². The van der Waals surface area contributed by atoms with Gasteiger partial charge in [-0.3, -0.25) is 0 Å². The maximum atomic E-state index is 11.9. The highest BCUT2D eigenvalue weighted by Crippen LogP contribution is 2.52. The summed E-state index contributed by atoms with van der Waals surface area (Å²) in [5.41, 5.74) is 6.05. The van der Waals surface area contributed by atoms with Crippen molar-refractivity contribution in [3.8, 4) is 0 Å². The average Bonchev–Trinajstić information content (AvgIpc) is 2.34. The van der Waals surface area contributed by atoms with Gasteiger partial charge in [-0.25, -0.2) is 20.4 Å². The van der Waals surface area contributed by atoms with Crippen LogP contribution in [0.4, 0.5) is 9.59 Å². The van der Waals surface area contributed by atoms with Crippen LogP contribution >= 0.6 is 0 Å². The molecule has 0 heterocycles. The number of hydrogen-bond acceptors (Lipinski definition) is 2. The Morgan fingerprint density at radius 2 is 1.85 bits per heavy atom. The molecule has 0 radical (unpaired) electrons. The fourth-order valence-corrected chi connectivity index (χ4v) is 4.23. The molecule has 0 aliphatic heterocycles. The van der Waals surface area contributed by atoms with Crippen molar-refractivity contribution >= 4 is 12.1 Å². The zero-order valence-electron chi connectivity index (χ0n) is 11.8. The highest BCUT2D eigenvalue weighted by Gasteiger charge is 2.47. The van der Waals surface area contributed by atoms with Crippen molar-refractivity contribution in [3.63, 3.8) is 0 Å². The summed E-state index contributed by atoms with van der Waals surface area (Å²) in [6.07, 6.45) is 8.03. The van der Waals surface area contributed by atoms with E-state index in [0.29, 0.717) is 6.54 Å². The smallest absolute Gasteiger partial charge is 0.334 e. The van der Waals surface area contributed by atoms with Crippen molar-refractivity contribution in [2.75, 3.05) is 6.54 Å². The van der Waals surface area contributed by atoms with Gasteiger partial charge in [0.25, 0.3) is 0 Å². The van der Waals surface area contributed by atoms with Crippen molar-refractivity contribution in [1.29, 1.82) is 0 Å². The SMILES string of the molecule is CCNC(=O)NNC(=O)NC12C=C3C[C@H](C[C@H](C3)C1)C2. The summed E-state index contributed by atoms with van der Waals surface area (Å²) in [5, 5.41) is 5.61. The first-order valence-electron chi connectivity index (χ1n) is 7.41.